The molecular weight excluding hydrogens is 238 g/mol. The zero-order valence-electron chi connectivity index (χ0n) is 10.8. The smallest absolute Gasteiger partial charge is 0.128 e. The molecule has 1 heterocycles. The largest absolute Gasteiger partial charge is 0.383 e. The van der Waals surface area contributed by atoms with E-state index in [1.165, 1.54) is 0 Å². The third-order valence-corrected chi connectivity index (χ3v) is 3.06. The van der Waals surface area contributed by atoms with Crippen molar-refractivity contribution in [2.75, 3.05) is 32.7 Å². The first-order valence-corrected chi connectivity index (χ1v) is 5.98. The molecule has 17 heavy (non-hydrogen) atoms. The Morgan fingerprint density at radius 1 is 1.59 bits per heavy atom. The summed E-state index contributed by atoms with van der Waals surface area (Å²) in [5, 5.41) is 3.78. The van der Waals surface area contributed by atoms with Gasteiger partial charge in [0.15, 0.2) is 0 Å². The van der Waals surface area contributed by atoms with E-state index in [4.69, 9.17) is 16.3 Å². The van der Waals surface area contributed by atoms with Gasteiger partial charge in [-0.1, -0.05) is 11.6 Å². The Labute approximate surface area is 108 Å². The standard InChI is InChI=1S/C12H20ClN3O/c1-9(8-17-4)16(3)12-5-10(6-14-2)11(13)7-15-12/h5,7,9,14H,6,8H2,1-4H3. The van der Waals surface area contributed by atoms with Gasteiger partial charge in [-0.05, 0) is 25.6 Å². The van der Waals surface area contributed by atoms with Crippen LogP contribution in [0.3, 0.4) is 0 Å². The molecule has 1 unspecified atom stereocenters. The molecule has 1 aromatic heterocycles. The van der Waals surface area contributed by atoms with Gasteiger partial charge in [0.05, 0.1) is 17.7 Å². The van der Waals surface area contributed by atoms with Gasteiger partial charge in [0.25, 0.3) is 0 Å². The zero-order chi connectivity index (χ0) is 12.8. The second kappa shape index (κ2) is 6.79. The molecule has 4 nitrogen and oxygen atoms in total. The normalized spacial score (nSPS) is 12.5. The molecular formula is C12H20ClN3O. The summed E-state index contributed by atoms with van der Waals surface area (Å²) in [5.41, 5.74) is 1.05. The second-order valence-electron chi connectivity index (χ2n) is 4.08. The van der Waals surface area contributed by atoms with Gasteiger partial charge < -0.3 is 15.0 Å². The van der Waals surface area contributed by atoms with Crippen molar-refractivity contribution in [2.45, 2.75) is 19.5 Å². The number of pyridine rings is 1. The first-order valence-electron chi connectivity index (χ1n) is 5.61. The van der Waals surface area contributed by atoms with Gasteiger partial charge in [-0.3, -0.25) is 0 Å². The van der Waals surface area contributed by atoms with Crippen LogP contribution in [0.5, 0.6) is 0 Å². The molecule has 0 saturated heterocycles. The summed E-state index contributed by atoms with van der Waals surface area (Å²) in [6, 6.07) is 2.28. The van der Waals surface area contributed by atoms with Crippen LogP contribution in [0.4, 0.5) is 5.82 Å². The van der Waals surface area contributed by atoms with Crippen molar-refractivity contribution < 1.29 is 4.74 Å². The molecule has 0 aliphatic rings. The van der Waals surface area contributed by atoms with Crippen LogP contribution >= 0.6 is 11.6 Å². The van der Waals surface area contributed by atoms with Crippen LogP contribution in [0.2, 0.25) is 5.02 Å². The number of hydrogen-bond acceptors (Lipinski definition) is 4. The summed E-state index contributed by atoms with van der Waals surface area (Å²) in [4.78, 5) is 6.42. The molecule has 1 N–H and O–H groups in total. The number of methoxy groups -OCH3 is 1. The minimum absolute atomic E-state index is 0.274. The van der Waals surface area contributed by atoms with E-state index >= 15 is 0 Å². The van der Waals surface area contributed by atoms with E-state index < -0.39 is 0 Å². The third-order valence-electron chi connectivity index (χ3n) is 2.72. The molecule has 1 atom stereocenters. The van der Waals surface area contributed by atoms with Crippen molar-refractivity contribution in [1.29, 1.82) is 0 Å². The number of aromatic nitrogens is 1. The van der Waals surface area contributed by atoms with Gasteiger partial charge in [0.2, 0.25) is 0 Å². The lowest BCUT2D eigenvalue weighted by atomic mass is 10.2. The Morgan fingerprint density at radius 3 is 2.88 bits per heavy atom. The molecule has 0 fully saturated rings. The van der Waals surface area contributed by atoms with E-state index in [1.807, 2.05) is 20.2 Å². The summed E-state index contributed by atoms with van der Waals surface area (Å²) < 4.78 is 5.14. The van der Waals surface area contributed by atoms with Crippen LogP contribution in [-0.2, 0) is 11.3 Å². The lowest BCUT2D eigenvalue weighted by Crippen LogP contribution is -2.33. The van der Waals surface area contributed by atoms with Crippen LogP contribution in [0.15, 0.2) is 12.3 Å². The lowest BCUT2D eigenvalue weighted by Gasteiger charge is -2.25. The highest BCUT2D eigenvalue weighted by Crippen LogP contribution is 2.20. The van der Waals surface area contributed by atoms with E-state index in [1.54, 1.807) is 13.3 Å². The molecule has 0 amide bonds. The highest BCUT2D eigenvalue weighted by molar-refractivity contribution is 6.31. The van der Waals surface area contributed by atoms with Crippen molar-refractivity contribution in [3.05, 3.63) is 22.8 Å². The van der Waals surface area contributed by atoms with Gasteiger partial charge in [0.1, 0.15) is 5.82 Å². The van der Waals surface area contributed by atoms with E-state index in [-0.39, 0.29) is 6.04 Å². The fourth-order valence-corrected chi connectivity index (χ4v) is 1.74. The number of rotatable bonds is 6. The summed E-state index contributed by atoms with van der Waals surface area (Å²) in [7, 11) is 5.60. The molecule has 5 heteroatoms. The van der Waals surface area contributed by atoms with Gasteiger partial charge in [-0.25, -0.2) is 4.98 Å². The highest BCUT2D eigenvalue weighted by atomic mass is 35.5. The number of likely N-dealkylation sites (N-methyl/N-ethyl adjacent to an activating group) is 1. The first-order chi connectivity index (χ1) is 8.10. The maximum absolute atomic E-state index is 6.07. The van der Waals surface area contributed by atoms with Gasteiger partial charge in [0, 0.05) is 26.9 Å². The Morgan fingerprint density at radius 2 is 2.29 bits per heavy atom. The number of nitrogens with zero attached hydrogens (tertiary/aromatic N) is 2. The van der Waals surface area contributed by atoms with Gasteiger partial charge in [-0.2, -0.15) is 0 Å². The molecule has 0 aliphatic carbocycles. The number of ether oxygens (including phenoxy) is 1. The SMILES string of the molecule is CNCc1cc(N(C)C(C)COC)ncc1Cl. The van der Waals surface area contributed by atoms with Crippen molar-refractivity contribution in [1.82, 2.24) is 10.3 Å². The fourth-order valence-electron chi connectivity index (χ4n) is 1.57. The van der Waals surface area contributed by atoms with Gasteiger partial charge in [-0.15, -0.1) is 0 Å². The number of nitrogens with one attached hydrogen (secondary N) is 1. The molecule has 1 rings (SSSR count). The number of hydrogen-bond donors (Lipinski definition) is 1. The molecule has 0 aromatic carbocycles. The number of halogens is 1. The van der Waals surface area contributed by atoms with Crippen LogP contribution in [0.1, 0.15) is 12.5 Å². The van der Waals surface area contributed by atoms with Crippen molar-refractivity contribution in [3.8, 4) is 0 Å². The molecule has 0 radical (unpaired) electrons. The quantitative estimate of drug-likeness (QED) is 0.845. The van der Waals surface area contributed by atoms with E-state index in [0.29, 0.717) is 11.6 Å². The average molecular weight is 258 g/mol. The summed E-state index contributed by atoms with van der Waals surface area (Å²) in [5.74, 6) is 0.907. The van der Waals surface area contributed by atoms with E-state index in [0.717, 1.165) is 17.9 Å². The van der Waals surface area contributed by atoms with E-state index in [9.17, 15) is 0 Å². The maximum atomic E-state index is 6.07. The number of anilines is 1. The predicted octanol–water partition coefficient (Wildman–Crippen LogP) is 1.93. The third kappa shape index (κ3) is 3.84. The van der Waals surface area contributed by atoms with E-state index in [2.05, 4.69) is 22.1 Å². The highest BCUT2D eigenvalue weighted by Gasteiger charge is 2.12. The lowest BCUT2D eigenvalue weighted by molar-refractivity contribution is 0.183. The molecule has 0 bridgehead atoms. The van der Waals surface area contributed by atoms with Crippen LogP contribution in [0.25, 0.3) is 0 Å². The van der Waals surface area contributed by atoms with Crippen molar-refractivity contribution in [2.24, 2.45) is 0 Å². The Hall–Kier alpha value is -0.840. The summed E-state index contributed by atoms with van der Waals surface area (Å²) in [6.07, 6.45) is 1.69. The Balaban J connectivity index is 2.86. The summed E-state index contributed by atoms with van der Waals surface area (Å²) >= 11 is 6.07. The first kappa shape index (κ1) is 14.2. The van der Waals surface area contributed by atoms with Crippen molar-refractivity contribution >= 4 is 17.4 Å². The molecule has 1 aromatic rings. The predicted molar refractivity (Wildman–Crippen MR) is 71.8 cm³/mol. The molecule has 0 aliphatic heterocycles. The average Bonchev–Trinajstić information content (AvgIpc) is 2.31. The Kier molecular flexibility index (Phi) is 5.68. The maximum Gasteiger partial charge on any atom is 0.128 e. The minimum atomic E-state index is 0.274. The second-order valence-corrected chi connectivity index (χ2v) is 4.49. The zero-order valence-corrected chi connectivity index (χ0v) is 11.6. The van der Waals surface area contributed by atoms with Crippen LogP contribution in [0, 0.1) is 0 Å². The topological polar surface area (TPSA) is 37.4 Å². The molecule has 0 saturated carbocycles. The minimum Gasteiger partial charge on any atom is -0.383 e. The van der Waals surface area contributed by atoms with Gasteiger partial charge >= 0.3 is 0 Å². The van der Waals surface area contributed by atoms with Crippen LogP contribution < -0.4 is 10.2 Å². The molecule has 0 spiro atoms. The Bertz CT molecular complexity index is 360. The van der Waals surface area contributed by atoms with Crippen molar-refractivity contribution in [3.63, 3.8) is 0 Å². The molecule has 96 valence electrons. The fraction of sp³-hybridized carbons (Fsp3) is 0.583. The van der Waals surface area contributed by atoms with Crippen LogP contribution in [-0.4, -0.2) is 38.8 Å². The monoisotopic (exact) mass is 257 g/mol. The summed E-state index contributed by atoms with van der Waals surface area (Å²) in [6.45, 7) is 3.50.